The third-order valence-electron chi connectivity index (χ3n) is 1.87. The molecule has 0 aliphatic heterocycles. The second-order valence-corrected chi connectivity index (χ2v) is 4.28. The Morgan fingerprint density at radius 3 is 2.94 bits per heavy atom. The second kappa shape index (κ2) is 6.19. The molecule has 4 heteroatoms. The van der Waals surface area contributed by atoms with Gasteiger partial charge in [0.05, 0.1) is 12.9 Å². The maximum Gasteiger partial charge on any atom is 0.213 e. The number of carbonyl (C=O) groups is 1. The van der Waals surface area contributed by atoms with E-state index in [0.29, 0.717) is 11.6 Å². The van der Waals surface area contributed by atoms with Gasteiger partial charge in [0.1, 0.15) is 0 Å². The molecule has 0 saturated heterocycles. The summed E-state index contributed by atoms with van der Waals surface area (Å²) in [5.74, 6) is 7.00. The number of thioether (sulfide) groups is 1. The average molecular weight is 235 g/mol. The van der Waals surface area contributed by atoms with Crippen molar-refractivity contribution in [3.8, 4) is 17.7 Å². The van der Waals surface area contributed by atoms with Crippen LogP contribution in [-0.2, 0) is 4.79 Å². The largest absolute Gasteiger partial charge is 0.481 e. The number of aryl methyl sites for hydroxylation is 1. The molecule has 16 heavy (non-hydrogen) atoms. The number of rotatable bonds is 2. The highest BCUT2D eigenvalue weighted by Crippen LogP contribution is 2.12. The number of aromatic nitrogens is 1. The fourth-order valence-corrected chi connectivity index (χ4v) is 1.39. The first-order chi connectivity index (χ1) is 7.63. The van der Waals surface area contributed by atoms with Crippen molar-refractivity contribution >= 4 is 16.9 Å². The summed E-state index contributed by atoms with van der Waals surface area (Å²) in [6.45, 7) is 3.48. The van der Waals surface area contributed by atoms with Crippen LogP contribution in [0.3, 0.4) is 0 Å². The van der Waals surface area contributed by atoms with E-state index in [1.165, 1.54) is 18.7 Å². The molecule has 0 atom stereocenters. The highest BCUT2D eigenvalue weighted by atomic mass is 32.2. The molecule has 0 saturated carbocycles. The Hall–Kier alpha value is -1.47. The Labute approximate surface area is 99.6 Å². The molecule has 84 valence electrons. The van der Waals surface area contributed by atoms with Crippen molar-refractivity contribution in [2.24, 2.45) is 0 Å². The monoisotopic (exact) mass is 235 g/mol. The number of ether oxygens (including phenoxy) is 1. The number of methoxy groups -OCH3 is 1. The lowest BCUT2D eigenvalue weighted by Crippen LogP contribution is -1.91. The molecule has 3 nitrogen and oxygen atoms in total. The fraction of sp³-hybridized carbons (Fsp3) is 0.333. The zero-order valence-corrected chi connectivity index (χ0v) is 10.4. The van der Waals surface area contributed by atoms with Crippen LogP contribution in [0.2, 0.25) is 0 Å². The quantitative estimate of drug-likeness (QED) is 0.735. The number of carbonyl (C=O) groups excluding carboxylic acids is 1. The van der Waals surface area contributed by atoms with E-state index in [1.54, 1.807) is 13.3 Å². The third kappa shape index (κ3) is 3.95. The molecule has 1 aromatic heterocycles. The van der Waals surface area contributed by atoms with Crippen molar-refractivity contribution in [2.45, 2.75) is 13.8 Å². The lowest BCUT2D eigenvalue weighted by atomic mass is 10.2. The van der Waals surface area contributed by atoms with Gasteiger partial charge < -0.3 is 4.74 Å². The molecule has 0 bridgehead atoms. The number of pyridine rings is 1. The number of hydrogen-bond acceptors (Lipinski definition) is 4. The topological polar surface area (TPSA) is 39.2 Å². The van der Waals surface area contributed by atoms with Crippen LogP contribution in [-0.4, -0.2) is 23.0 Å². The van der Waals surface area contributed by atoms with Crippen LogP contribution >= 0.6 is 11.8 Å². The van der Waals surface area contributed by atoms with Crippen LogP contribution in [0, 0.1) is 18.8 Å². The van der Waals surface area contributed by atoms with Gasteiger partial charge in [-0.15, -0.1) is 0 Å². The van der Waals surface area contributed by atoms with Crippen LogP contribution in [0.4, 0.5) is 0 Å². The fourth-order valence-electron chi connectivity index (χ4n) is 1.04. The molecule has 0 spiro atoms. The normalized spacial score (nSPS) is 9.19. The van der Waals surface area contributed by atoms with Crippen LogP contribution in [0.5, 0.6) is 5.88 Å². The van der Waals surface area contributed by atoms with Crippen LogP contribution < -0.4 is 4.74 Å². The summed E-state index contributed by atoms with van der Waals surface area (Å²) >= 11 is 1.21. The molecule has 0 fully saturated rings. The van der Waals surface area contributed by atoms with E-state index in [9.17, 15) is 4.79 Å². The Morgan fingerprint density at radius 1 is 1.62 bits per heavy atom. The lowest BCUT2D eigenvalue weighted by Gasteiger charge is -2.01. The second-order valence-electron chi connectivity index (χ2n) is 3.12. The predicted molar refractivity (Wildman–Crippen MR) is 65.5 cm³/mol. The molecule has 0 radical (unpaired) electrons. The van der Waals surface area contributed by atoms with Crippen molar-refractivity contribution in [3.63, 3.8) is 0 Å². The smallest absolute Gasteiger partial charge is 0.213 e. The number of hydrogen-bond donors (Lipinski definition) is 0. The van der Waals surface area contributed by atoms with Crippen molar-refractivity contribution in [3.05, 3.63) is 23.4 Å². The van der Waals surface area contributed by atoms with E-state index in [2.05, 4.69) is 16.8 Å². The maximum atomic E-state index is 10.7. The van der Waals surface area contributed by atoms with Crippen molar-refractivity contribution in [1.29, 1.82) is 0 Å². The molecular formula is C12H13NO2S. The van der Waals surface area contributed by atoms with Crippen molar-refractivity contribution in [1.82, 2.24) is 4.98 Å². The van der Waals surface area contributed by atoms with Gasteiger partial charge in [0, 0.05) is 24.8 Å². The lowest BCUT2D eigenvalue weighted by molar-refractivity contribution is -0.109. The first kappa shape index (κ1) is 12.6. The first-order valence-corrected chi connectivity index (χ1v) is 5.75. The minimum atomic E-state index is 0.0823. The van der Waals surface area contributed by atoms with E-state index in [0.717, 1.165) is 11.1 Å². The zero-order chi connectivity index (χ0) is 12.0. The van der Waals surface area contributed by atoms with Crippen molar-refractivity contribution in [2.75, 3.05) is 12.9 Å². The molecule has 0 amide bonds. The summed E-state index contributed by atoms with van der Waals surface area (Å²) in [6, 6.07) is 1.84. The molecule has 1 heterocycles. The molecule has 0 aliphatic carbocycles. The van der Waals surface area contributed by atoms with Gasteiger partial charge in [-0.3, -0.25) is 4.79 Å². The van der Waals surface area contributed by atoms with Gasteiger partial charge in [-0.25, -0.2) is 4.98 Å². The predicted octanol–water partition coefficient (Wildman–Crippen LogP) is 2.03. The van der Waals surface area contributed by atoms with E-state index in [4.69, 9.17) is 4.74 Å². The van der Waals surface area contributed by atoms with Gasteiger partial charge >= 0.3 is 0 Å². The Morgan fingerprint density at radius 2 is 2.38 bits per heavy atom. The average Bonchev–Trinajstić information content (AvgIpc) is 2.25. The Balaban J connectivity index is 2.70. The molecule has 0 aromatic carbocycles. The highest BCUT2D eigenvalue weighted by Gasteiger charge is 1.98. The summed E-state index contributed by atoms with van der Waals surface area (Å²) in [5, 5.41) is 0.0823. The first-order valence-electron chi connectivity index (χ1n) is 4.76. The summed E-state index contributed by atoms with van der Waals surface area (Å²) in [6.07, 6.45) is 1.68. The maximum absolute atomic E-state index is 10.7. The minimum Gasteiger partial charge on any atom is -0.481 e. The molecule has 0 N–H and O–H groups in total. The van der Waals surface area contributed by atoms with Crippen molar-refractivity contribution < 1.29 is 9.53 Å². The molecule has 0 aliphatic rings. The van der Waals surface area contributed by atoms with Crippen LogP contribution in [0.1, 0.15) is 18.1 Å². The van der Waals surface area contributed by atoms with Crippen LogP contribution in [0.15, 0.2) is 12.3 Å². The van der Waals surface area contributed by atoms with E-state index in [-0.39, 0.29) is 5.12 Å². The van der Waals surface area contributed by atoms with Crippen LogP contribution in [0.25, 0.3) is 0 Å². The van der Waals surface area contributed by atoms with Gasteiger partial charge in [-0.1, -0.05) is 23.6 Å². The number of nitrogens with zero attached hydrogens (tertiary/aromatic N) is 1. The minimum absolute atomic E-state index is 0.0823. The van der Waals surface area contributed by atoms with Gasteiger partial charge in [0.15, 0.2) is 5.12 Å². The highest BCUT2D eigenvalue weighted by molar-refractivity contribution is 8.13. The molecule has 1 aromatic rings. The Kier molecular flexibility index (Phi) is 4.87. The summed E-state index contributed by atoms with van der Waals surface area (Å²) in [7, 11) is 1.58. The van der Waals surface area contributed by atoms with E-state index >= 15 is 0 Å². The third-order valence-corrected chi connectivity index (χ3v) is 2.56. The van der Waals surface area contributed by atoms with Gasteiger partial charge in [0.2, 0.25) is 5.88 Å². The summed E-state index contributed by atoms with van der Waals surface area (Å²) in [4.78, 5) is 14.7. The molecule has 1 rings (SSSR count). The Bertz CT molecular complexity index is 446. The SMILES string of the molecule is COc1cc(C)c(C#CCSC(C)=O)cn1. The molecular weight excluding hydrogens is 222 g/mol. The zero-order valence-electron chi connectivity index (χ0n) is 9.53. The van der Waals surface area contributed by atoms with Gasteiger partial charge in [-0.2, -0.15) is 0 Å². The summed E-state index contributed by atoms with van der Waals surface area (Å²) < 4.78 is 5.00. The van der Waals surface area contributed by atoms with E-state index < -0.39 is 0 Å². The summed E-state index contributed by atoms with van der Waals surface area (Å²) in [5.41, 5.74) is 1.89. The van der Waals surface area contributed by atoms with Gasteiger partial charge in [0.25, 0.3) is 0 Å². The van der Waals surface area contributed by atoms with E-state index in [1.807, 2.05) is 13.0 Å². The molecule has 0 unspecified atom stereocenters. The standard InChI is InChI=1S/C12H13NO2S/c1-9-7-12(15-3)13-8-11(9)5-4-6-16-10(2)14/h7-8H,6H2,1-3H3. The van der Waals surface area contributed by atoms with Gasteiger partial charge in [-0.05, 0) is 12.5 Å².